The van der Waals surface area contributed by atoms with E-state index in [4.69, 9.17) is 11.6 Å². The quantitative estimate of drug-likeness (QED) is 0.429. The first-order chi connectivity index (χ1) is 5.57. The summed E-state index contributed by atoms with van der Waals surface area (Å²) in [7, 11) is 0. The minimum Gasteiger partial charge on any atom is -0.123 e. The molecule has 0 amide bonds. The Morgan fingerprint density at radius 2 is 2.00 bits per heavy atom. The fourth-order valence-electron chi connectivity index (χ4n) is 1.06. The molecule has 0 aliphatic rings. The van der Waals surface area contributed by atoms with Crippen LogP contribution in [-0.4, -0.2) is 5.38 Å². The van der Waals surface area contributed by atoms with Crippen LogP contribution in [0.3, 0.4) is 0 Å². The molecule has 0 aliphatic carbocycles. The minimum atomic E-state index is 0.342. The number of allylic oxidation sites excluding steroid dienone is 1. The molecule has 1 unspecified atom stereocenters. The molecule has 0 N–H and O–H groups in total. The highest BCUT2D eigenvalue weighted by Crippen LogP contribution is 2.18. The number of alkyl halides is 1. The summed E-state index contributed by atoms with van der Waals surface area (Å²) in [6, 6.07) is 0. The predicted octanol–water partition coefficient (Wildman–Crippen LogP) is 4.39. The summed E-state index contributed by atoms with van der Waals surface area (Å²) in [4.78, 5) is 0. The monoisotopic (exact) mass is 188 g/mol. The normalized spacial score (nSPS) is 13.4. The highest BCUT2D eigenvalue weighted by molar-refractivity contribution is 6.20. The molecule has 0 saturated carbocycles. The second-order valence-electron chi connectivity index (χ2n) is 3.76. The Bertz CT molecular complexity index is 127. The summed E-state index contributed by atoms with van der Waals surface area (Å²) in [5.74, 6) is 0.599. The molecule has 72 valence electrons. The summed E-state index contributed by atoms with van der Waals surface area (Å²) < 4.78 is 0. The van der Waals surface area contributed by atoms with Gasteiger partial charge in [-0.05, 0) is 31.6 Å². The first kappa shape index (κ1) is 12.0. The molecule has 0 aromatic carbocycles. The molecule has 0 fully saturated rings. The second kappa shape index (κ2) is 6.54. The van der Waals surface area contributed by atoms with E-state index < -0.39 is 0 Å². The van der Waals surface area contributed by atoms with Gasteiger partial charge in [-0.25, -0.2) is 0 Å². The van der Waals surface area contributed by atoms with Gasteiger partial charge in [0.15, 0.2) is 0 Å². The molecule has 1 atom stereocenters. The molecule has 0 nitrogen and oxygen atoms in total. The Labute approximate surface area is 82.0 Å². The lowest BCUT2D eigenvalue weighted by Crippen LogP contribution is -2.07. The van der Waals surface area contributed by atoms with Gasteiger partial charge in [-0.15, -0.1) is 11.6 Å². The van der Waals surface area contributed by atoms with Crippen LogP contribution in [0.5, 0.6) is 0 Å². The Balaban J connectivity index is 3.37. The summed E-state index contributed by atoms with van der Waals surface area (Å²) in [6.45, 7) is 10.5. The van der Waals surface area contributed by atoms with E-state index in [1.807, 2.05) is 0 Å². The average Bonchev–Trinajstić information content (AvgIpc) is 2.03. The van der Waals surface area contributed by atoms with Gasteiger partial charge in [-0.1, -0.05) is 32.9 Å². The van der Waals surface area contributed by atoms with Crippen molar-refractivity contribution in [1.29, 1.82) is 0 Å². The second-order valence-corrected chi connectivity index (χ2v) is 4.32. The minimum absolute atomic E-state index is 0.342. The molecule has 0 aromatic heterocycles. The van der Waals surface area contributed by atoms with Crippen LogP contribution >= 0.6 is 11.6 Å². The van der Waals surface area contributed by atoms with Crippen LogP contribution in [0, 0.1) is 5.92 Å². The molecule has 0 aromatic rings. The Kier molecular flexibility index (Phi) is 6.55. The first-order valence-electron chi connectivity index (χ1n) is 4.88. The lowest BCUT2D eigenvalue weighted by atomic mass is 10.0. The molecule has 0 bridgehead atoms. The fourth-order valence-corrected chi connectivity index (χ4v) is 1.21. The van der Waals surface area contributed by atoms with E-state index in [0.717, 1.165) is 19.3 Å². The van der Waals surface area contributed by atoms with E-state index in [1.54, 1.807) is 0 Å². The zero-order valence-corrected chi connectivity index (χ0v) is 9.32. The number of hydrogen-bond acceptors (Lipinski definition) is 0. The summed E-state index contributed by atoms with van der Waals surface area (Å²) in [5.41, 5.74) is 1.35. The Morgan fingerprint density at radius 3 is 2.42 bits per heavy atom. The summed E-state index contributed by atoms with van der Waals surface area (Å²) in [5, 5.41) is 0.342. The third kappa shape index (κ3) is 5.65. The topological polar surface area (TPSA) is 0 Å². The van der Waals surface area contributed by atoms with Gasteiger partial charge in [-0.2, -0.15) is 0 Å². The molecule has 0 rings (SSSR count). The van der Waals surface area contributed by atoms with Gasteiger partial charge in [0.2, 0.25) is 0 Å². The van der Waals surface area contributed by atoms with Gasteiger partial charge in [-0.3, -0.25) is 0 Å². The van der Waals surface area contributed by atoms with Crippen LogP contribution in [0.1, 0.15) is 46.5 Å². The average molecular weight is 189 g/mol. The number of hydrogen-bond donors (Lipinski definition) is 0. The summed E-state index contributed by atoms with van der Waals surface area (Å²) in [6.07, 6.45) is 4.57. The number of rotatable bonds is 6. The zero-order chi connectivity index (χ0) is 9.56. The van der Waals surface area contributed by atoms with E-state index in [-0.39, 0.29) is 0 Å². The van der Waals surface area contributed by atoms with Gasteiger partial charge >= 0.3 is 0 Å². The maximum atomic E-state index is 6.11. The molecule has 0 spiro atoms. The van der Waals surface area contributed by atoms with Crippen molar-refractivity contribution in [1.82, 2.24) is 0 Å². The molecular weight excluding hydrogens is 168 g/mol. The van der Waals surface area contributed by atoms with Crippen molar-refractivity contribution in [3.05, 3.63) is 12.2 Å². The first-order valence-corrected chi connectivity index (χ1v) is 5.32. The van der Waals surface area contributed by atoms with Crippen LogP contribution in [0.2, 0.25) is 0 Å². The molecule has 0 heterocycles. The van der Waals surface area contributed by atoms with Crippen molar-refractivity contribution < 1.29 is 0 Å². The lowest BCUT2D eigenvalue weighted by molar-refractivity contribution is 0.545. The van der Waals surface area contributed by atoms with Crippen LogP contribution in [0.25, 0.3) is 0 Å². The van der Waals surface area contributed by atoms with E-state index >= 15 is 0 Å². The van der Waals surface area contributed by atoms with Crippen LogP contribution in [-0.2, 0) is 0 Å². The van der Waals surface area contributed by atoms with E-state index in [1.165, 1.54) is 12.0 Å². The summed E-state index contributed by atoms with van der Waals surface area (Å²) >= 11 is 6.11. The van der Waals surface area contributed by atoms with Crippen LogP contribution in [0.15, 0.2) is 12.2 Å². The van der Waals surface area contributed by atoms with E-state index in [2.05, 4.69) is 27.4 Å². The highest BCUT2D eigenvalue weighted by Gasteiger charge is 2.08. The van der Waals surface area contributed by atoms with Crippen molar-refractivity contribution in [2.24, 2.45) is 5.92 Å². The Hall–Kier alpha value is 0.0300. The molecule has 12 heavy (non-hydrogen) atoms. The highest BCUT2D eigenvalue weighted by atomic mass is 35.5. The third-order valence-electron chi connectivity index (χ3n) is 2.23. The van der Waals surface area contributed by atoms with Gasteiger partial charge in [0.1, 0.15) is 0 Å². The van der Waals surface area contributed by atoms with E-state index in [0.29, 0.717) is 11.3 Å². The molecule has 0 aliphatic heterocycles. The Morgan fingerprint density at radius 1 is 1.42 bits per heavy atom. The molecule has 0 saturated heterocycles. The lowest BCUT2D eigenvalue weighted by Gasteiger charge is -2.12. The van der Waals surface area contributed by atoms with Gasteiger partial charge < -0.3 is 0 Å². The van der Waals surface area contributed by atoms with E-state index in [9.17, 15) is 0 Å². The molecular formula is C11H21Cl. The van der Waals surface area contributed by atoms with Crippen molar-refractivity contribution in [2.75, 3.05) is 0 Å². The van der Waals surface area contributed by atoms with Crippen LogP contribution < -0.4 is 0 Å². The third-order valence-corrected chi connectivity index (χ3v) is 2.96. The largest absolute Gasteiger partial charge is 0.123 e. The SMILES string of the molecule is C=C(CC)CCCC(Cl)C(C)C. The van der Waals surface area contributed by atoms with Crippen molar-refractivity contribution in [2.45, 2.75) is 51.8 Å². The molecule has 1 heteroatoms. The predicted molar refractivity (Wildman–Crippen MR) is 57.8 cm³/mol. The van der Waals surface area contributed by atoms with Gasteiger partial charge in [0, 0.05) is 5.38 Å². The van der Waals surface area contributed by atoms with Crippen LogP contribution in [0.4, 0.5) is 0 Å². The van der Waals surface area contributed by atoms with Crippen molar-refractivity contribution in [3.8, 4) is 0 Å². The number of halogens is 1. The van der Waals surface area contributed by atoms with Crippen molar-refractivity contribution >= 4 is 11.6 Å². The fraction of sp³-hybridized carbons (Fsp3) is 0.818. The van der Waals surface area contributed by atoms with Crippen molar-refractivity contribution in [3.63, 3.8) is 0 Å². The smallest absolute Gasteiger partial charge is 0.0359 e. The molecule has 0 radical (unpaired) electrons. The maximum Gasteiger partial charge on any atom is 0.0359 e. The van der Waals surface area contributed by atoms with Gasteiger partial charge in [0.05, 0.1) is 0 Å². The van der Waals surface area contributed by atoms with Gasteiger partial charge in [0.25, 0.3) is 0 Å². The zero-order valence-electron chi connectivity index (χ0n) is 8.57. The standard InChI is InChI=1S/C11H21Cl/c1-5-10(4)7-6-8-11(12)9(2)3/h9,11H,4-8H2,1-3H3. The maximum absolute atomic E-state index is 6.11.